The van der Waals surface area contributed by atoms with E-state index in [-0.39, 0.29) is 5.54 Å². The standard InChI is InChI=1S/C12H14N2O/c1-12(5-6-15-9-12)14-11-4-2-3-10(7-11)8-13/h2-4,7,14H,5-6,9H2,1H3. The number of hydrogen-bond donors (Lipinski definition) is 1. The molecule has 0 spiro atoms. The molecule has 1 saturated heterocycles. The molecule has 78 valence electrons. The Kier molecular flexibility index (Phi) is 2.61. The summed E-state index contributed by atoms with van der Waals surface area (Å²) in [6, 6.07) is 9.67. The second-order valence-corrected chi connectivity index (χ2v) is 4.18. The van der Waals surface area contributed by atoms with E-state index < -0.39 is 0 Å². The van der Waals surface area contributed by atoms with Crippen LogP contribution in [0, 0.1) is 11.3 Å². The Morgan fingerprint density at radius 1 is 1.53 bits per heavy atom. The van der Waals surface area contributed by atoms with Gasteiger partial charge >= 0.3 is 0 Å². The maximum atomic E-state index is 8.78. The van der Waals surface area contributed by atoms with Gasteiger partial charge in [0.2, 0.25) is 0 Å². The Hall–Kier alpha value is -1.53. The van der Waals surface area contributed by atoms with Crippen molar-refractivity contribution in [1.29, 1.82) is 5.26 Å². The van der Waals surface area contributed by atoms with Gasteiger partial charge in [-0.05, 0) is 31.5 Å². The Labute approximate surface area is 89.7 Å². The highest BCUT2D eigenvalue weighted by molar-refractivity contribution is 5.50. The van der Waals surface area contributed by atoms with E-state index in [4.69, 9.17) is 10.00 Å². The monoisotopic (exact) mass is 202 g/mol. The van der Waals surface area contributed by atoms with Crippen molar-refractivity contribution in [2.45, 2.75) is 18.9 Å². The van der Waals surface area contributed by atoms with Gasteiger partial charge in [-0.1, -0.05) is 6.07 Å². The number of nitriles is 1. The summed E-state index contributed by atoms with van der Waals surface area (Å²) in [7, 11) is 0. The molecule has 3 heteroatoms. The zero-order valence-electron chi connectivity index (χ0n) is 8.79. The lowest BCUT2D eigenvalue weighted by molar-refractivity contribution is 0.185. The first-order valence-corrected chi connectivity index (χ1v) is 5.08. The molecule has 1 atom stereocenters. The lowest BCUT2D eigenvalue weighted by atomic mass is 10.0. The Balaban J connectivity index is 2.13. The van der Waals surface area contributed by atoms with Crippen molar-refractivity contribution in [3.8, 4) is 6.07 Å². The minimum Gasteiger partial charge on any atom is -0.379 e. The molecule has 15 heavy (non-hydrogen) atoms. The molecule has 0 aliphatic carbocycles. The van der Waals surface area contributed by atoms with Crippen molar-refractivity contribution in [2.24, 2.45) is 0 Å². The average Bonchev–Trinajstić information content (AvgIpc) is 2.65. The maximum Gasteiger partial charge on any atom is 0.0992 e. The molecule has 0 bridgehead atoms. The summed E-state index contributed by atoms with van der Waals surface area (Å²) in [5, 5.41) is 12.2. The Morgan fingerprint density at radius 3 is 3.07 bits per heavy atom. The van der Waals surface area contributed by atoms with E-state index in [0.717, 1.165) is 25.3 Å². The quantitative estimate of drug-likeness (QED) is 0.799. The third kappa shape index (κ3) is 2.28. The zero-order valence-corrected chi connectivity index (χ0v) is 8.79. The predicted molar refractivity (Wildman–Crippen MR) is 58.6 cm³/mol. The van der Waals surface area contributed by atoms with E-state index in [1.54, 1.807) is 6.07 Å². The summed E-state index contributed by atoms with van der Waals surface area (Å²) in [6.45, 7) is 3.67. The summed E-state index contributed by atoms with van der Waals surface area (Å²) < 4.78 is 5.36. The van der Waals surface area contributed by atoms with Gasteiger partial charge in [0.05, 0.1) is 23.8 Å². The molecule has 1 N–H and O–H groups in total. The molecule has 0 saturated carbocycles. The van der Waals surface area contributed by atoms with E-state index in [2.05, 4.69) is 18.3 Å². The van der Waals surface area contributed by atoms with Crippen molar-refractivity contribution in [3.05, 3.63) is 29.8 Å². The summed E-state index contributed by atoms with van der Waals surface area (Å²) in [5.74, 6) is 0. The second kappa shape index (κ2) is 3.92. The minimum atomic E-state index is 0.00801. The fourth-order valence-electron chi connectivity index (χ4n) is 1.78. The molecule has 3 nitrogen and oxygen atoms in total. The molecule has 0 amide bonds. The van der Waals surface area contributed by atoms with E-state index >= 15 is 0 Å². The van der Waals surface area contributed by atoms with Crippen LogP contribution < -0.4 is 5.32 Å². The molecular formula is C12H14N2O. The molecule has 1 aromatic carbocycles. The third-order valence-electron chi connectivity index (χ3n) is 2.66. The topological polar surface area (TPSA) is 45.0 Å². The van der Waals surface area contributed by atoms with Gasteiger partial charge in [0.1, 0.15) is 0 Å². The molecule has 0 aromatic heterocycles. The molecule has 1 aromatic rings. The number of benzene rings is 1. The number of anilines is 1. The van der Waals surface area contributed by atoms with Crippen LogP contribution in [0.2, 0.25) is 0 Å². The highest BCUT2D eigenvalue weighted by atomic mass is 16.5. The number of rotatable bonds is 2. The largest absolute Gasteiger partial charge is 0.379 e. The van der Waals surface area contributed by atoms with Gasteiger partial charge in [-0.2, -0.15) is 5.26 Å². The molecule has 2 rings (SSSR count). The maximum absolute atomic E-state index is 8.78. The van der Waals surface area contributed by atoms with Crippen molar-refractivity contribution < 1.29 is 4.74 Å². The van der Waals surface area contributed by atoms with E-state index in [1.807, 2.05) is 18.2 Å². The van der Waals surface area contributed by atoms with Crippen LogP contribution in [-0.4, -0.2) is 18.8 Å². The number of nitrogens with one attached hydrogen (secondary N) is 1. The van der Waals surface area contributed by atoms with Crippen LogP contribution in [0.1, 0.15) is 18.9 Å². The second-order valence-electron chi connectivity index (χ2n) is 4.18. The SMILES string of the molecule is CC1(Nc2cccc(C#N)c2)CCOC1. The van der Waals surface area contributed by atoms with E-state index in [1.165, 1.54) is 0 Å². The van der Waals surface area contributed by atoms with Crippen LogP contribution in [0.25, 0.3) is 0 Å². The van der Waals surface area contributed by atoms with Crippen molar-refractivity contribution >= 4 is 5.69 Å². The molecule has 0 radical (unpaired) electrons. The molecule has 1 fully saturated rings. The minimum absolute atomic E-state index is 0.00801. The van der Waals surface area contributed by atoms with Gasteiger partial charge in [-0.3, -0.25) is 0 Å². The van der Waals surface area contributed by atoms with Gasteiger partial charge in [0, 0.05) is 12.3 Å². The molecule has 1 heterocycles. The molecule has 1 aliphatic heterocycles. The summed E-state index contributed by atoms with van der Waals surface area (Å²) in [4.78, 5) is 0. The first-order chi connectivity index (χ1) is 7.22. The fourth-order valence-corrected chi connectivity index (χ4v) is 1.78. The Bertz CT molecular complexity index is 389. The first-order valence-electron chi connectivity index (χ1n) is 5.08. The van der Waals surface area contributed by atoms with Crippen LogP contribution in [0.15, 0.2) is 24.3 Å². The van der Waals surface area contributed by atoms with Gasteiger partial charge < -0.3 is 10.1 Å². The van der Waals surface area contributed by atoms with Crippen molar-refractivity contribution in [2.75, 3.05) is 18.5 Å². The van der Waals surface area contributed by atoms with Crippen molar-refractivity contribution in [1.82, 2.24) is 0 Å². The predicted octanol–water partition coefficient (Wildman–Crippen LogP) is 2.15. The normalized spacial score (nSPS) is 24.8. The fraction of sp³-hybridized carbons (Fsp3) is 0.417. The highest BCUT2D eigenvalue weighted by Gasteiger charge is 2.29. The van der Waals surface area contributed by atoms with Crippen LogP contribution in [0.3, 0.4) is 0 Å². The highest BCUT2D eigenvalue weighted by Crippen LogP contribution is 2.23. The summed E-state index contributed by atoms with van der Waals surface area (Å²) in [5.41, 5.74) is 1.68. The first kappa shape index (κ1) is 10.0. The Morgan fingerprint density at radius 2 is 2.40 bits per heavy atom. The van der Waals surface area contributed by atoms with E-state index in [9.17, 15) is 0 Å². The molecule has 1 aliphatic rings. The summed E-state index contributed by atoms with van der Waals surface area (Å²) in [6.07, 6.45) is 1.00. The van der Waals surface area contributed by atoms with Crippen molar-refractivity contribution in [3.63, 3.8) is 0 Å². The lowest BCUT2D eigenvalue weighted by Crippen LogP contribution is -2.34. The number of ether oxygens (including phenoxy) is 1. The van der Waals surface area contributed by atoms with E-state index in [0.29, 0.717) is 5.56 Å². The number of nitrogens with zero attached hydrogens (tertiary/aromatic N) is 1. The zero-order chi connectivity index (χ0) is 10.7. The van der Waals surface area contributed by atoms with Crippen LogP contribution in [0.5, 0.6) is 0 Å². The number of hydrogen-bond acceptors (Lipinski definition) is 3. The lowest BCUT2D eigenvalue weighted by Gasteiger charge is -2.24. The van der Waals surface area contributed by atoms with Gasteiger partial charge in [0.15, 0.2) is 0 Å². The van der Waals surface area contributed by atoms with Gasteiger partial charge in [0.25, 0.3) is 0 Å². The molecular weight excluding hydrogens is 188 g/mol. The molecule has 1 unspecified atom stereocenters. The smallest absolute Gasteiger partial charge is 0.0992 e. The van der Waals surface area contributed by atoms with Gasteiger partial charge in [-0.15, -0.1) is 0 Å². The average molecular weight is 202 g/mol. The van der Waals surface area contributed by atoms with Crippen LogP contribution in [-0.2, 0) is 4.74 Å². The van der Waals surface area contributed by atoms with Crippen LogP contribution >= 0.6 is 0 Å². The summed E-state index contributed by atoms with van der Waals surface area (Å²) >= 11 is 0. The third-order valence-corrected chi connectivity index (χ3v) is 2.66. The van der Waals surface area contributed by atoms with Crippen LogP contribution in [0.4, 0.5) is 5.69 Å². The van der Waals surface area contributed by atoms with Gasteiger partial charge in [-0.25, -0.2) is 0 Å².